The van der Waals surface area contributed by atoms with Gasteiger partial charge in [0.2, 0.25) is 5.91 Å². The van der Waals surface area contributed by atoms with Gasteiger partial charge in [0.05, 0.1) is 22.1 Å². The van der Waals surface area contributed by atoms with Gasteiger partial charge in [-0.3, -0.25) is 4.79 Å². The van der Waals surface area contributed by atoms with Crippen LogP contribution in [0.1, 0.15) is 30.2 Å². The minimum absolute atomic E-state index is 0.125. The number of nitrogens with zero attached hydrogens (tertiary/aromatic N) is 3. The number of anilines is 2. The Balaban J connectivity index is 1.73. The number of aromatic hydroxyl groups is 1. The molecule has 0 unspecified atom stereocenters. The minimum Gasteiger partial charge on any atom is -0.504 e. The summed E-state index contributed by atoms with van der Waals surface area (Å²) in [6.07, 6.45) is 0.272. The molecular formula is C25H22ClN5O2. The predicted molar refractivity (Wildman–Crippen MR) is 130 cm³/mol. The van der Waals surface area contributed by atoms with Crippen LogP contribution in [0.2, 0.25) is 5.02 Å². The van der Waals surface area contributed by atoms with E-state index in [1.54, 1.807) is 30.7 Å². The van der Waals surface area contributed by atoms with Crippen molar-refractivity contribution < 1.29 is 9.90 Å². The van der Waals surface area contributed by atoms with Crippen LogP contribution in [-0.4, -0.2) is 20.8 Å². The van der Waals surface area contributed by atoms with Gasteiger partial charge in [-0.1, -0.05) is 54.9 Å². The summed E-state index contributed by atoms with van der Waals surface area (Å²) in [4.78, 5) is 11.8. The molecule has 7 nitrogen and oxygen atoms in total. The van der Waals surface area contributed by atoms with Crippen LogP contribution in [0.15, 0.2) is 54.6 Å². The molecule has 0 spiro atoms. The van der Waals surface area contributed by atoms with Crippen LogP contribution in [-0.2, 0) is 11.3 Å². The Hall–Kier alpha value is -4.02. The van der Waals surface area contributed by atoms with Crippen molar-refractivity contribution in [3.05, 3.63) is 76.4 Å². The molecule has 0 atom stereocenters. The largest absolute Gasteiger partial charge is 0.504 e. The molecule has 1 amide bonds. The maximum absolute atomic E-state index is 11.8. The van der Waals surface area contributed by atoms with Crippen molar-refractivity contribution in [2.45, 2.75) is 26.8 Å². The molecule has 0 radical (unpaired) electrons. The smallest absolute Gasteiger partial charge is 0.224 e. The number of nitriles is 1. The molecule has 0 aliphatic rings. The van der Waals surface area contributed by atoms with Crippen LogP contribution in [0.4, 0.5) is 11.5 Å². The second-order valence-corrected chi connectivity index (χ2v) is 7.97. The molecule has 0 aliphatic heterocycles. The first-order valence-corrected chi connectivity index (χ1v) is 10.8. The van der Waals surface area contributed by atoms with E-state index in [0.29, 0.717) is 23.6 Å². The quantitative estimate of drug-likeness (QED) is 0.329. The normalized spacial score (nSPS) is 10.7. The fourth-order valence-electron chi connectivity index (χ4n) is 3.67. The molecule has 166 valence electrons. The van der Waals surface area contributed by atoms with Crippen LogP contribution in [0.3, 0.4) is 0 Å². The van der Waals surface area contributed by atoms with Crippen molar-refractivity contribution in [2.75, 3.05) is 10.6 Å². The molecule has 3 aromatic carbocycles. The molecule has 3 N–H and O–H groups in total. The monoisotopic (exact) mass is 459 g/mol. The van der Waals surface area contributed by atoms with Gasteiger partial charge in [0.25, 0.3) is 0 Å². The summed E-state index contributed by atoms with van der Waals surface area (Å²) in [5, 5.41) is 32.8. The maximum atomic E-state index is 11.8. The summed E-state index contributed by atoms with van der Waals surface area (Å²) < 4.78 is 1.73. The van der Waals surface area contributed by atoms with Crippen molar-refractivity contribution in [3.63, 3.8) is 0 Å². The van der Waals surface area contributed by atoms with E-state index in [1.165, 1.54) is 0 Å². The molecule has 1 aromatic heterocycles. The van der Waals surface area contributed by atoms with Gasteiger partial charge < -0.3 is 15.7 Å². The van der Waals surface area contributed by atoms with Gasteiger partial charge in [-0.25, -0.2) is 4.68 Å². The molecule has 33 heavy (non-hydrogen) atoms. The number of benzene rings is 3. The Bertz CT molecular complexity index is 1400. The van der Waals surface area contributed by atoms with Gasteiger partial charge in [-0.15, -0.1) is 0 Å². The maximum Gasteiger partial charge on any atom is 0.224 e. The number of phenols is 1. The van der Waals surface area contributed by atoms with E-state index in [-0.39, 0.29) is 28.8 Å². The lowest BCUT2D eigenvalue weighted by Crippen LogP contribution is -2.11. The van der Waals surface area contributed by atoms with Crippen molar-refractivity contribution in [2.24, 2.45) is 0 Å². The minimum atomic E-state index is -0.233. The lowest BCUT2D eigenvalue weighted by molar-refractivity contribution is -0.115. The summed E-state index contributed by atoms with van der Waals surface area (Å²) in [6, 6.07) is 19.4. The number of aryl methyl sites for hydroxylation is 1. The zero-order valence-corrected chi connectivity index (χ0v) is 18.9. The number of nitrogens with one attached hydrogen (secondary N) is 2. The van der Waals surface area contributed by atoms with E-state index in [9.17, 15) is 15.2 Å². The molecule has 0 aliphatic carbocycles. The van der Waals surface area contributed by atoms with Crippen LogP contribution in [0, 0.1) is 18.3 Å². The summed E-state index contributed by atoms with van der Waals surface area (Å²) in [6.45, 7) is 3.81. The Morgan fingerprint density at radius 1 is 1.21 bits per heavy atom. The molecule has 0 bridgehead atoms. The molecule has 1 heterocycles. The van der Waals surface area contributed by atoms with E-state index in [2.05, 4.69) is 21.8 Å². The van der Waals surface area contributed by atoms with Crippen LogP contribution in [0.25, 0.3) is 16.5 Å². The first-order valence-electron chi connectivity index (χ1n) is 10.5. The molecular weight excluding hydrogens is 438 g/mol. The van der Waals surface area contributed by atoms with E-state index < -0.39 is 0 Å². The van der Waals surface area contributed by atoms with Crippen molar-refractivity contribution in [3.8, 4) is 17.5 Å². The highest BCUT2D eigenvalue weighted by Crippen LogP contribution is 2.34. The molecule has 0 saturated carbocycles. The molecule has 4 rings (SSSR count). The zero-order chi connectivity index (χ0) is 23.5. The highest BCUT2D eigenvalue weighted by molar-refractivity contribution is 6.32. The summed E-state index contributed by atoms with van der Waals surface area (Å²) in [5.41, 5.74) is 2.85. The summed E-state index contributed by atoms with van der Waals surface area (Å²) >= 11 is 6.18. The lowest BCUT2D eigenvalue weighted by atomic mass is 10.1. The fraction of sp³-hybridized carbons (Fsp3) is 0.160. The third kappa shape index (κ3) is 4.34. The number of amides is 1. The number of halogens is 1. The highest BCUT2D eigenvalue weighted by Gasteiger charge is 2.18. The van der Waals surface area contributed by atoms with Crippen LogP contribution >= 0.6 is 11.6 Å². The van der Waals surface area contributed by atoms with E-state index in [4.69, 9.17) is 11.6 Å². The van der Waals surface area contributed by atoms with Crippen molar-refractivity contribution >= 4 is 39.8 Å². The highest BCUT2D eigenvalue weighted by atomic mass is 35.5. The van der Waals surface area contributed by atoms with E-state index >= 15 is 0 Å². The van der Waals surface area contributed by atoms with Gasteiger partial charge in [0.1, 0.15) is 17.5 Å². The Kier molecular flexibility index (Phi) is 6.20. The third-order valence-corrected chi connectivity index (χ3v) is 5.63. The number of phenolic OH excluding ortho intramolecular Hbond substituents is 1. The molecule has 8 heteroatoms. The second-order valence-electron chi connectivity index (χ2n) is 7.56. The summed E-state index contributed by atoms with van der Waals surface area (Å²) in [5.74, 6) is 0.133. The van der Waals surface area contributed by atoms with Crippen molar-refractivity contribution in [1.29, 1.82) is 5.26 Å². The van der Waals surface area contributed by atoms with Crippen LogP contribution in [0.5, 0.6) is 5.75 Å². The number of hydrogen-bond donors (Lipinski definition) is 3. The van der Waals surface area contributed by atoms with Gasteiger partial charge in [-0.2, -0.15) is 10.4 Å². The zero-order valence-electron chi connectivity index (χ0n) is 18.2. The average Bonchev–Trinajstić information content (AvgIpc) is 3.14. The SMILES string of the molecule is CCC(=O)Nc1cc(CNc2c(C#N)c(C)nn2-c2cccc3ccccc23)cc(Cl)c1O. The van der Waals surface area contributed by atoms with Gasteiger partial charge in [0, 0.05) is 18.4 Å². The predicted octanol–water partition coefficient (Wildman–Crippen LogP) is 5.53. The number of fused-ring (bicyclic) bond motifs is 1. The third-order valence-electron chi connectivity index (χ3n) is 5.35. The van der Waals surface area contributed by atoms with Gasteiger partial charge in [0.15, 0.2) is 5.75 Å². The average molecular weight is 460 g/mol. The summed E-state index contributed by atoms with van der Waals surface area (Å²) in [7, 11) is 0. The first kappa shape index (κ1) is 22.2. The number of aromatic nitrogens is 2. The van der Waals surface area contributed by atoms with Gasteiger partial charge >= 0.3 is 0 Å². The Labute approximate surface area is 196 Å². The van der Waals surface area contributed by atoms with Gasteiger partial charge in [-0.05, 0) is 36.1 Å². The fourth-order valence-corrected chi connectivity index (χ4v) is 3.91. The van der Waals surface area contributed by atoms with E-state index in [0.717, 1.165) is 22.0 Å². The second kappa shape index (κ2) is 9.23. The number of rotatable bonds is 6. The first-order chi connectivity index (χ1) is 15.9. The Morgan fingerprint density at radius 2 is 1.97 bits per heavy atom. The number of hydrogen-bond acceptors (Lipinski definition) is 5. The molecule has 0 fully saturated rings. The molecule has 0 saturated heterocycles. The van der Waals surface area contributed by atoms with E-state index in [1.807, 2.05) is 42.5 Å². The van der Waals surface area contributed by atoms with Crippen molar-refractivity contribution in [1.82, 2.24) is 9.78 Å². The van der Waals surface area contributed by atoms with Crippen LogP contribution < -0.4 is 10.6 Å². The standard InChI is InChI=1S/C25H22ClN5O2/c1-3-23(32)29-21-12-16(11-20(26)24(21)33)14-28-25-19(13-27)15(2)30-31(25)22-10-6-8-17-7-4-5-9-18(17)22/h4-12,28,33H,3,14H2,1-2H3,(H,29,32). The number of carbonyl (C=O) groups excluding carboxylic acids is 1. The number of carbonyl (C=O) groups is 1. The topological polar surface area (TPSA) is 103 Å². The lowest BCUT2D eigenvalue weighted by Gasteiger charge is -2.14. The molecule has 4 aromatic rings. The Morgan fingerprint density at radius 3 is 2.73 bits per heavy atom.